The summed E-state index contributed by atoms with van der Waals surface area (Å²) >= 11 is 0. The standard InChI is InChI=1S/C51H46N3O.Pt/c1-33-26-37(34-14-9-8-10-15-34)31-42(27-33)54-46-18-13-17-43(48(46)53-49(54)44-16-11-12-19-47(44)55)38-28-39(30-41(29-38)51(5,6)7)45-32-36(24-25-52-45)35-20-22-40(23-21-35)50(2,3)4;/h8-27,29-32,55H,1-7H3;/q-1;/i1D3;. The van der Waals surface area contributed by atoms with E-state index in [2.05, 4.69) is 90.1 Å². The molecule has 0 bridgehead atoms. The molecule has 0 unspecified atom stereocenters. The fourth-order valence-electron chi connectivity index (χ4n) is 7.16. The van der Waals surface area contributed by atoms with E-state index in [1.54, 1.807) is 24.3 Å². The first-order valence-corrected chi connectivity index (χ1v) is 18.7. The zero-order chi connectivity index (χ0) is 41.0. The van der Waals surface area contributed by atoms with Crippen LogP contribution in [0.1, 0.15) is 62.3 Å². The van der Waals surface area contributed by atoms with Crippen LogP contribution in [0.2, 0.25) is 0 Å². The van der Waals surface area contributed by atoms with Crippen LogP contribution in [-0.4, -0.2) is 19.6 Å². The molecule has 56 heavy (non-hydrogen) atoms. The fourth-order valence-corrected chi connectivity index (χ4v) is 7.16. The molecule has 0 aliphatic carbocycles. The number of aromatic nitrogens is 3. The second kappa shape index (κ2) is 15.2. The van der Waals surface area contributed by atoms with E-state index in [1.165, 1.54) is 5.56 Å². The molecule has 0 aliphatic rings. The molecule has 0 aliphatic heterocycles. The molecule has 282 valence electrons. The number of nitrogens with zero attached hydrogens (tertiary/aromatic N) is 3. The Morgan fingerprint density at radius 3 is 2.00 bits per heavy atom. The summed E-state index contributed by atoms with van der Waals surface area (Å²) in [4.78, 5) is 10.1. The van der Waals surface area contributed by atoms with E-state index in [9.17, 15) is 5.11 Å². The first-order valence-electron chi connectivity index (χ1n) is 20.2. The van der Waals surface area contributed by atoms with Gasteiger partial charge in [-0.2, -0.15) is 0 Å². The van der Waals surface area contributed by atoms with Crippen LogP contribution >= 0.6 is 0 Å². The molecule has 2 heterocycles. The molecule has 1 N–H and O–H groups in total. The Labute approximate surface area is 349 Å². The van der Waals surface area contributed by atoms with E-state index < -0.39 is 6.85 Å². The Bertz CT molecular complexity index is 2800. The van der Waals surface area contributed by atoms with Gasteiger partial charge in [-0.05, 0) is 87.5 Å². The average molecular weight is 915 g/mol. The number of imidazole rings is 1. The van der Waals surface area contributed by atoms with Gasteiger partial charge in [0.25, 0.3) is 0 Å². The van der Waals surface area contributed by atoms with Crippen LogP contribution in [0.4, 0.5) is 0 Å². The van der Waals surface area contributed by atoms with Gasteiger partial charge in [-0.3, -0.25) is 9.55 Å². The molecule has 0 atom stereocenters. The first kappa shape index (κ1) is 34.9. The Kier molecular flexibility index (Phi) is 9.45. The van der Waals surface area contributed by atoms with Crippen molar-refractivity contribution in [3.63, 3.8) is 0 Å². The van der Waals surface area contributed by atoms with Crippen molar-refractivity contribution in [2.45, 2.75) is 59.2 Å². The molecule has 2 aromatic heterocycles. The van der Waals surface area contributed by atoms with Gasteiger partial charge >= 0.3 is 0 Å². The number of aryl methyl sites for hydroxylation is 1. The molecule has 0 saturated heterocycles. The molecular formula is C51H46N3OPt-. The van der Waals surface area contributed by atoms with E-state index in [0.29, 0.717) is 22.6 Å². The van der Waals surface area contributed by atoms with Crippen molar-refractivity contribution in [3.8, 4) is 67.5 Å². The van der Waals surface area contributed by atoms with Gasteiger partial charge in [-0.1, -0.05) is 144 Å². The number of phenols is 1. The van der Waals surface area contributed by atoms with Crippen LogP contribution < -0.4 is 0 Å². The second-order valence-electron chi connectivity index (χ2n) is 16.3. The number of phenolic OH excluding ortho intramolecular Hbond substituents is 1. The van der Waals surface area contributed by atoms with E-state index in [1.807, 2.05) is 83.6 Å². The van der Waals surface area contributed by atoms with Gasteiger partial charge in [0, 0.05) is 42.8 Å². The molecule has 0 saturated carbocycles. The maximum absolute atomic E-state index is 11.2. The molecule has 6 aromatic carbocycles. The molecular weight excluding hydrogens is 866 g/mol. The van der Waals surface area contributed by atoms with E-state index >= 15 is 0 Å². The van der Waals surface area contributed by atoms with Crippen molar-refractivity contribution < 1.29 is 30.3 Å². The fraction of sp³-hybridized carbons (Fsp3) is 0.176. The third kappa shape index (κ3) is 7.64. The van der Waals surface area contributed by atoms with Crippen molar-refractivity contribution in [2.75, 3.05) is 0 Å². The Hall–Kier alpha value is -5.57. The SMILES string of the molecule is [2H]C([2H])([2H])c1cc(-c2ccccc2)cc(-n2c(-c3ccccc3O)nc3c(-c4[c-]c(-c5cc(-c6ccc(C(C)(C)C)cc6)ccn5)cc(C(C)(C)C)c4)cccc32)c1.[Pt]. The Morgan fingerprint density at radius 2 is 1.29 bits per heavy atom. The second-order valence-corrected chi connectivity index (χ2v) is 16.3. The first-order chi connectivity index (χ1) is 27.5. The largest absolute Gasteiger partial charge is 0.507 e. The minimum atomic E-state index is -2.36. The minimum Gasteiger partial charge on any atom is -0.507 e. The number of pyridine rings is 1. The maximum atomic E-state index is 11.2. The van der Waals surface area contributed by atoms with Crippen molar-refractivity contribution in [2.24, 2.45) is 0 Å². The number of benzene rings is 6. The molecule has 0 spiro atoms. The van der Waals surface area contributed by atoms with Gasteiger partial charge in [0.1, 0.15) is 11.6 Å². The Balaban J connectivity index is 0.00000528. The number of fused-ring (bicyclic) bond motifs is 1. The number of para-hydroxylation sites is 2. The van der Waals surface area contributed by atoms with Crippen LogP contribution in [-0.2, 0) is 31.9 Å². The van der Waals surface area contributed by atoms with Crippen LogP contribution in [0.5, 0.6) is 5.75 Å². The zero-order valence-electron chi connectivity index (χ0n) is 35.5. The van der Waals surface area contributed by atoms with Gasteiger partial charge in [0.15, 0.2) is 0 Å². The third-order valence-electron chi connectivity index (χ3n) is 10.3. The summed E-state index contributed by atoms with van der Waals surface area (Å²) in [5.74, 6) is 0.555. The third-order valence-corrected chi connectivity index (χ3v) is 10.3. The number of aromatic hydroxyl groups is 1. The van der Waals surface area contributed by atoms with Crippen LogP contribution in [0.25, 0.3) is 72.7 Å². The van der Waals surface area contributed by atoms with E-state index in [0.717, 1.165) is 55.7 Å². The van der Waals surface area contributed by atoms with Crippen LogP contribution in [0, 0.1) is 12.9 Å². The summed E-state index contributed by atoms with van der Waals surface area (Å²) in [6.07, 6.45) is 1.86. The summed E-state index contributed by atoms with van der Waals surface area (Å²) in [5.41, 5.74) is 12.3. The van der Waals surface area contributed by atoms with Crippen molar-refractivity contribution in [1.82, 2.24) is 14.5 Å². The van der Waals surface area contributed by atoms with Gasteiger partial charge < -0.3 is 5.11 Å². The normalized spacial score (nSPS) is 12.8. The smallest absolute Gasteiger partial charge is 0.148 e. The molecule has 8 aromatic rings. The molecule has 0 radical (unpaired) electrons. The van der Waals surface area contributed by atoms with Gasteiger partial charge in [-0.25, -0.2) is 4.98 Å². The van der Waals surface area contributed by atoms with Crippen molar-refractivity contribution in [1.29, 1.82) is 0 Å². The summed E-state index contributed by atoms with van der Waals surface area (Å²) in [5, 5.41) is 11.2. The number of hydrogen-bond donors (Lipinski definition) is 1. The topological polar surface area (TPSA) is 50.9 Å². The average Bonchev–Trinajstić information content (AvgIpc) is 3.60. The van der Waals surface area contributed by atoms with Crippen molar-refractivity contribution in [3.05, 3.63) is 168 Å². The van der Waals surface area contributed by atoms with E-state index in [4.69, 9.17) is 14.1 Å². The molecule has 8 rings (SSSR count). The summed E-state index contributed by atoms with van der Waals surface area (Å²) in [6, 6.07) is 49.3. The maximum Gasteiger partial charge on any atom is 0.148 e. The van der Waals surface area contributed by atoms with E-state index in [-0.39, 0.29) is 43.2 Å². The zero-order valence-corrected chi connectivity index (χ0v) is 34.7. The Morgan fingerprint density at radius 1 is 0.607 bits per heavy atom. The van der Waals surface area contributed by atoms with Gasteiger partial charge in [0.05, 0.1) is 16.6 Å². The molecule has 0 amide bonds. The number of hydrogen-bond acceptors (Lipinski definition) is 3. The summed E-state index contributed by atoms with van der Waals surface area (Å²) in [6.45, 7) is 10.9. The molecule has 0 fully saturated rings. The predicted molar refractivity (Wildman–Crippen MR) is 229 cm³/mol. The summed E-state index contributed by atoms with van der Waals surface area (Å²) < 4.78 is 27.2. The number of rotatable bonds is 6. The monoisotopic (exact) mass is 914 g/mol. The minimum absolute atomic E-state index is 0. The quantitative estimate of drug-likeness (QED) is 0.169. The molecule has 4 nitrogen and oxygen atoms in total. The summed E-state index contributed by atoms with van der Waals surface area (Å²) in [7, 11) is 0. The van der Waals surface area contributed by atoms with Gasteiger partial charge in [-0.15, -0.1) is 29.3 Å². The molecule has 5 heteroatoms. The van der Waals surface area contributed by atoms with Crippen LogP contribution in [0.15, 0.2) is 146 Å². The van der Waals surface area contributed by atoms with Gasteiger partial charge in [0.2, 0.25) is 0 Å². The predicted octanol–water partition coefficient (Wildman–Crippen LogP) is 13.2. The van der Waals surface area contributed by atoms with Crippen molar-refractivity contribution >= 4 is 11.0 Å². The van der Waals surface area contributed by atoms with Crippen LogP contribution in [0.3, 0.4) is 0 Å².